The summed E-state index contributed by atoms with van der Waals surface area (Å²) in [6.07, 6.45) is 23.9. The number of phenolic OH excluding ortho intramolecular Hbond substituents is 1. The van der Waals surface area contributed by atoms with Gasteiger partial charge in [-0.3, -0.25) is 9.59 Å². The molecular formula is C49H63N3O4. The van der Waals surface area contributed by atoms with Crippen molar-refractivity contribution in [2.75, 3.05) is 20.2 Å². The van der Waals surface area contributed by atoms with Crippen molar-refractivity contribution >= 4 is 17.6 Å². The second kappa shape index (κ2) is 20.6. The molecular weight excluding hydrogens is 695 g/mol. The molecule has 1 saturated carbocycles. The van der Waals surface area contributed by atoms with Crippen LogP contribution in [-0.4, -0.2) is 43.0 Å². The van der Waals surface area contributed by atoms with Gasteiger partial charge in [0.25, 0.3) is 0 Å². The highest BCUT2D eigenvalue weighted by Crippen LogP contribution is 2.47. The Balaban J connectivity index is 1.04. The molecule has 2 fully saturated rings. The van der Waals surface area contributed by atoms with E-state index in [0.717, 1.165) is 79.8 Å². The molecule has 56 heavy (non-hydrogen) atoms. The first kappa shape index (κ1) is 41.2. The molecule has 5 N–H and O–H groups in total. The third kappa shape index (κ3) is 12.3. The summed E-state index contributed by atoms with van der Waals surface area (Å²) in [7, 11) is 1.52. The maximum absolute atomic E-state index is 13.1. The number of nitrogens with one attached hydrogen (secondary N) is 2. The van der Waals surface area contributed by atoms with Crippen molar-refractivity contribution in [2.45, 2.75) is 115 Å². The number of aromatic hydroxyl groups is 1. The molecule has 6 rings (SSSR count). The van der Waals surface area contributed by atoms with Crippen LogP contribution in [0.3, 0.4) is 0 Å². The number of phenols is 1. The van der Waals surface area contributed by atoms with Gasteiger partial charge in [-0.2, -0.15) is 0 Å². The molecule has 1 atom stereocenters. The Labute approximate surface area is 334 Å². The van der Waals surface area contributed by atoms with Crippen LogP contribution in [0.25, 0.3) is 6.08 Å². The Hall–Kier alpha value is -4.46. The van der Waals surface area contributed by atoms with E-state index >= 15 is 0 Å². The minimum Gasteiger partial charge on any atom is -0.504 e. The Kier molecular flexibility index (Phi) is 15.2. The van der Waals surface area contributed by atoms with E-state index in [-0.39, 0.29) is 29.9 Å². The fourth-order valence-electron chi connectivity index (χ4n) is 9.14. The summed E-state index contributed by atoms with van der Waals surface area (Å²) in [6.45, 7) is 2.29. The minimum absolute atomic E-state index is 0.0148. The van der Waals surface area contributed by atoms with Gasteiger partial charge in [0, 0.05) is 12.6 Å². The van der Waals surface area contributed by atoms with Gasteiger partial charge in [0.2, 0.25) is 0 Å². The number of hydrogen-bond acceptors (Lipinski definition) is 7. The van der Waals surface area contributed by atoms with E-state index in [1.54, 1.807) is 18.2 Å². The Morgan fingerprint density at radius 2 is 1.61 bits per heavy atom. The van der Waals surface area contributed by atoms with Crippen molar-refractivity contribution in [3.05, 3.63) is 124 Å². The summed E-state index contributed by atoms with van der Waals surface area (Å²) in [5, 5.41) is 17.5. The van der Waals surface area contributed by atoms with Gasteiger partial charge < -0.3 is 26.2 Å². The highest BCUT2D eigenvalue weighted by molar-refractivity contribution is 6.06. The predicted octanol–water partition coefficient (Wildman–Crippen LogP) is 9.11. The molecule has 3 aromatic carbocycles. The number of allylic oxidation sites excluding steroid dienone is 3. The zero-order valence-electron chi connectivity index (χ0n) is 33.5. The lowest BCUT2D eigenvalue weighted by molar-refractivity contribution is -0.124. The lowest BCUT2D eigenvalue weighted by Crippen LogP contribution is -2.35. The molecule has 3 aromatic rings. The van der Waals surface area contributed by atoms with Gasteiger partial charge in [-0.05, 0) is 171 Å². The fraction of sp³-hybridized carbons (Fsp3) is 0.469. The molecule has 0 aromatic heterocycles. The molecule has 2 heterocycles. The summed E-state index contributed by atoms with van der Waals surface area (Å²) in [6, 6.07) is 22.9. The maximum atomic E-state index is 13.1. The highest BCUT2D eigenvalue weighted by Gasteiger charge is 2.34. The van der Waals surface area contributed by atoms with Gasteiger partial charge in [-0.25, -0.2) is 0 Å². The maximum Gasteiger partial charge on any atom is 0.163 e. The molecule has 0 amide bonds. The number of ether oxygens (including phenoxy) is 1. The van der Waals surface area contributed by atoms with Crippen molar-refractivity contribution in [1.82, 2.24) is 10.6 Å². The number of benzene rings is 3. The first-order valence-electron chi connectivity index (χ1n) is 21.1. The normalized spacial score (nSPS) is 18.4. The molecule has 7 heteroatoms. The quantitative estimate of drug-likeness (QED) is 0.0672. The lowest BCUT2D eigenvalue weighted by atomic mass is 9.74. The van der Waals surface area contributed by atoms with Crippen LogP contribution < -0.4 is 21.1 Å². The van der Waals surface area contributed by atoms with Gasteiger partial charge in [0.05, 0.1) is 19.7 Å². The third-order valence-electron chi connectivity index (χ3n) is 12.5. The summed E-state index contributed by atoms with van der Waals surface area (Å²) < 4.78 is 5.44. The number of piperidine rings is 1. The zero-order valence-corrected chi connectivity index (χ0v) is 33.5. The minimum atomic E-state index is -0.284. The average Bonchev–Trinajstić information content (AvgIpc) is 3.68. The van der Waals surface area contributed by atoms with Crippen LogP contribution in [0.5, 0.6) is 11.5 Å². The standard InChI is InChI=1S/C49H63N3O4/c1-56-47-32-40(18-19-45(54)34-44(53)13-8-25-49(23-5-6-24-49)26-20-37-21-27-51-28-22-37)42(31-46(47)55)30-43-35-52-48(50)33-41(43)17-16-39-12-7-11-38(29-39)15-14-36-9-3-2-4-10-36/h2-4,7,9-12,18-19,29,31-33,35,37,48,51-52,55H,5-6,8,13-17,20-28,30,34,50H2,1H3. The van der Waals surface area contributed by atoms with Crippen molar-refractivity contribution in [3.63, 3.8) is 0 Å². The smallest absolute Gasteiger partial charge is 0.163 e. The van der Waals surface area contributed by atoms with Gasteiger partial charge in [0.15, 0.2) is 17.3 Å². The van der Waals surface area contributed by atoms with Crippen LogP contribution in [0.1, 0.15) is 111 Å². The fourth-order valence-corrected chi connectivity index (χ4v) is 9.14. The number of Topliss-reactive ketones (excluding diaryl/α,β-unsaturated/α-hetero) is 1. The van der Waals surface area contributed by atoms with Crippen LogP contribution in [0.2, 0.25) is 0 Å². The highest BCUT2D eigenvalue weighted by atomic mass is 16.5. The van der Waals surface area contributed by atoms with E-state index in [4.69, 9.17) is 10.5 Å². The first-order valence-corrected chi connectivity index (χ1v) is 21.1. The van der Waals surface area contributed by atoms with Crippen LogP contribution in [-0.2, 0) is 35.3 Å². The molecule has 2 aliphatic heterocycles. The Morgan fingerprint density at radius 3 is 2.36 bits per heavy atom. The second-order valence-electron chi connectivity index (χ2n) is 16.6. The average molecular weight is 758 g/mol. The molecule has 1 aliphatic carbocycles. The summed E-state index contributed by atoms with van der Waals surface area (Å²) in [4.78, 5) is 26.1. The molecule has 1 saturated heterocycles. The number of hydrogen-bond donors (Lipinski definition) is 4. The predicted molar refractivity (Wildman–Crippen MR) is 227 cm³/mol. The second-order valence-corrected chi connectivity index (χ2v) is 16.6. The number of carbonyl (C=O) groups is 2. The largest absolute Gasteiger partial charge is 0.504 e. The lowest BCUT2D eigenvalue weighted by Gasteiger charge is -2.32. The number of rotatable bonds is 20. The van der Waals surface area contributed by atoms with E-state index in [1.807, 2.05) is 6.20 Å². The number of dihydropyridines is 1. The number of nitrogens with two attached hydrogens (primary N) is 1. The number of ketones is 2. The van der Waals surface area contributed by atoms with Crippen LogP contribution in [0.4, 0.5) is 0 Å². The van der Waals surface area contributed by atoms with Gasteiger partial charge in [0.1, 0.15) is 5.78 Å². The summed E-state index contributed by atoms with van der Waals surface area (Å²) in [5.74, 6) is 1.02. The van der Waals surface area contributed by atoms with Crippen LogP contribution >= 0.6 is 0 Å². The summed E-state index contributed by atoms with van der Waals surface area (Å²) in [5.41, 5.74) is 14.5. The molecule has 0 bridgehead atoms. The molecule has 0 radical (unpaired) electrons. The monoisotopic (exact) mass is 757 g/mol. The topological polar surface area (TPSA) is 114 Å². The van der Waals surface area contributed by atoms with Gasteiger partial charge in [-0.15, -0.1) is 0 Å². The van der Waals surface area contributed by atoms with E-state index in [9.17, 15) is 14.7 Å². The molecule has 298 valence electrons. The zero-order chi connectivity index (χ0) is 39.2. The van der Waals surface area contributed by atoms with E-state index < -0.39 is 0 Å². The number of methoxy groups -OCH3 is 1. The van der Waals surface area contributed by atoms with Gasteiger partial charge >= 0.3 is 0 Å². The Bertz CT molecular complexity index is 1850. The van der Waals surface area contributed by atoms with E-state index in [1.165, 1.54) is 81.2 Å². The number of aryl methyl sites for hydroxylation is 3. The molecule has 3 aliphatic rings. The van der Waals surface area contributed by atoms with Crippen molar-refractivity contribution in [3.8, 4) is 11.5 Å². The van der Waals surface area contributed by atoms with E-state index in [0.29, 0.717) is 24.0 Å². The third-order valence-corrected chi connectivity index (χ3v) is 12.5. The molecule has 0 spiro atoms. The van der Waals surface area contributed by atoms with E-state index in [2.05, 4.69) is 71.3 Å². The van der Waals surface area contributed by atoms with Crippen LogP contribution in [0, 0.1) is 11.3 Å². The Morgan fingerprint density at radius 1 is 0.893 bits per heavy atom. The molecule has 7 nitrogen and oxygen atoms in total. The van der Waals surface area contributed by atoms with Crippen LogP contribution in [0.15, 0.2) is 96.2 Å². The van der Waals surface area contributed by atoms with Gasteiger partial charge in [-0.1, -0.05) is 73.5 Å². The molecule has 1 unspecified atom stereocenters. The van der Waals surface area contributed by atoms with Crippen molar-refractivity contribution in [1.29, 1.82) is 0 Å². The summed E-state index contributed by atoms with van der Waals surface area (Å²) >= 11 is 0. The van der Waals surface area contributed by atoms with Crippen molar-refractivity contribution in [2.24, 2.45) is 17.1 Å². The van der Waals surface area contributed by atoms with Crippen molar-refractivity contribution < 1.29 is 19.4 Å². The SMILES string of the molecule is COc1cc(C=CC(=O)CC(=O)CCCC2(CCC3CCNCC3)CCCC2)c(CC2=CNC(N)C=C2CCc2cccc(CCc3ccccc3)c2)cc1O. The first-order chi connectivity index (χ1) is 27.3. The number of carbonyl (C=O) groups excluding carboxylic acids is 2.